The molecule has 10 nitrogen and oxygen atoms in total. The van der Waals surface area contributed by atoms with Gasteiger partial charge in [-0.2, -0.15) is 13.2 Å². The summed E-state index contributed by atoms with van der Waals surface area (Å²) in [5.74, 6) is 0.0469. The lowest BCUT2D eigenvalue weighted by Crippen LogP contribution is -2.38. The van der Waals surface area contributed by atoms with Gasteiger partial charge in [-0.05, 0) is 42.5 Å². The van der Waals surface area contributed by atoms with Crippen LogP contribution in [0.4, 0.5) is 29.3 Å². The molecular weight excluding hydrogens is 531 g/mol. The number of pyridine rings is 1. The summed E-state index contributed by atoms with van der Waals surface area (Å²) in [5.41, 5.74) is -1.00. The zero-order chi connectivity index (χ0) is 28.5. The van der Waals surface area contributed by atoms with E-state index in [-0.39, 0.29) is 24.0 Å². The van der Waals surface area contributed by atoms with Gasteiger partial charge in [-0.15, -0.1) is 0 Å². The SMILES string of the molecule is CNC(=O)c1cc(Oc2ccc(NC(=O)Nc3cccc(OCCN4CCOCC4)c3C(F)(F)F)cc2)ccn1. The molecular formula is C27H28F3N5O5. The van der Waals surface area contributed by atoms with Gasteiger partial charge < -0.3 is 30.2 Å². The van der Waals surface area contributed by atoms with E-state index in [9.17, 15) is 22.8 Å². The summed E-state index contributed by atoms with van der Waals surface area (Å²) in [4.78, 5) is 30.3. The number of alkyl halides is 3. The zero-order valence-corrected chi connectivity index (χ0v) is 21.6. The number of ether oxygens (including phenoxy) is 3. The monoisotopic (exact) mass is 559 g/mol. The van der Waals surface area contributed by atoms with Gasteiger partial charge in [0, 0.05) is 44.6 Å². The third-order valence-corrected chi connectivity index (χ3v) is 5.87. The molecule has 1 fully saturated rings. The van der Waals surface area contributed by atoms with Crippen LogP contribution in [0.5, 0.6) is 17.2 Å². The molecule has 4 rings (SSSR count). The van der Waals surface area contributed by atoms with E-state index >= 15 is 0 Å². The highest BCUT2D eigenvalue weighted by Crippen LogP contribution is 2.41. The lowest BCUT2D eigenvalue weighted by molar-refractivity contribution is -0.138. The average molecular weight is 560 g/mol. The first kappa shape index (κ1) is 28.6. The molecule has 13 heteroatoms. The van der Waals surface area contributed by atoms with E-state index < -0.39 is 23.5 Å². The Hall–Kier alpha value is -4.36. The van der Waals surface area contributed by atoms with Gasteiger partial charge in [0.2, 0.25) is 0 Å². The molecule has 0 bridgehead atoms. The Morgan fingerprint density at radius 3 is 2.48 bits per heavy atom. The topological polar surface area (TPSA) is 114 Å². The minimum Gasteiger partial charge on any atom is -0.492 e. The maximum atomic E-state index is 14.0. The zero-order valence-electron chi connectivity index (χ0n) is 21.6. The second-order valence-electron chi connectivity index (χ2n) is 8.64. The molecule has 1 aromatic heterocycles. The van der Waals surface area contributed by atoms with Gasteiger partial charge in [0.25, 0.3) is 5.91 Å². The Balaban J connectivity index is 1.38. The molecule has 212 valence electrons. The van der Waals surface area contributed by atoms with Crippen LogP contribution in [0, 0.1) is 0 Å². The fourth-order valence-corrected chi connectivity index (χ4v) is 3.91. The van der Waals surface area contributed by atoms with E-state index in [1.807, 2.05) is 4.90 Å². The van der Waals surface area contributed by atoms with Gasteiger partial charge >= 0.3 is 12.2 Å². The lowest BCUT2D eigenvalue weighted by Gasteiger charge is -2.26. The van der Waals surface area contributed by atoms with Gasteiger partial charge in [0.1, 0.15) is 35.1 Å². The molecule has 40 heavy (non-hydrogen) atoms. The van der Waals surface area contributed by atoms with E-state index in [1.54, 1.807) is 18.2 Å². The number of urea groups is 1. The van der Waals surface area contributed by atoms with Crippen molar-refractivity contribution in [2.45, 2.75) is 6.18 Å². The number of aromatic nitrogens is 1. The summed E-state index contributed by atoms with van der Waals surface area (Å²) in [7, 11) is 1.49. The Morgan fingerprint density at radius 1 is 1.02 bits per heavy atom. The smallest absolute Gasteiger partial charge is 0.421 e. The van der Waals surface area contributed by atoms with Crippen molar-refractivity contribution in [1.29, 1.82) is 0 Å². The average Bonchev–Trinajstić information content (AvgIpc) is 2.94. The fourth-order valence-electron chi connectivity index (χ4n) is 3.91. The lowest BCUT2D eigenvalue weighted by atomic mass is 10.1. The number of nitrogens with one attached hydrogen (secondary N) is 3. The number of hydrogen-bond acceptors (Lipinski definition) is 7. The summed E-state index contributed by atoms with van der Waals surface area (Å²) >= 11 is 0. The Morgan fingerprint density at radius 2 is 1.77 bits per heavy atom. The first-order valence-corrected chi connectivity index (χ1v) is 12.4. The van der Waals surface area contributed by atoms with Crippen LogP contribution in [-0.2, 0) is 10.9 Å². The Bertz CT molecular complexity index is 1310. The minimum absolute atomic E-state index is 0.0553. The second kappa shape index (κ2) is 13.1. The van der Waals surface area contributed by atoms with Crippen molar-refractivity contribution in [2.75, 3.05) is 57.1 Å². The van der Waals surface area contributed by atoms with Crippen molar-refractivity contribution < 1.29 is 37.0 Å². The highest BCUT2D eigenvalue weighted by Gasteiger charge is 2.38. The third-order valence-electron chi connectivity index (χ3n) is 5.87. The minimum atomic E-state index is -4.76. The Kier molecular flexibility index (Phi) is 9.40. The van der Waals surface area contributed by atoms with Crippen LogP contribution in [0.3, 0.4) is 0 Å². The molecule has 0 spiro atoms. The highest BCUT2D eigenvalue weighted by atomic mass is 19.4. The van der Waals surface area contributed by atoms with Crippen LogP contribution < -0.4 is 25.4 Å². The van der Waals surface area contributed by atoms with Crippen molar-refractivity contribution >= 4 is 23.3 Å². The molecule has 0 aliphatic carbocycles. The third kappa shape index (κ3) is 7.83. The van der Waals surface area contributed by atoms with E-state index in [4.69, 9.17) is 14.2 Å². The molecule has 2 aromatic carbocycles. The molecule has 3 aromatic rings. The Labute approximate surface area is 228 Å². The maximum Gasteiger partial charge on any atom is 0.421 e. The number of carbonyl (C=O) groups excluding carboxylic acids is 2. The molecule has 3 N–H and O–H groups in total. The molecule has 1 aliphatic rings. The molecule has 2 heterocycles. The quantitative estimate of drug-likeness (QED) is 0.351. The van der Waals surface area contributed by atoms with Crippen LogP contribution in [-0.4, -0.2) is 68.3 Å². The maximum absolute atomic E-state index is 14.0. The molecule has 1 aliphatic heterocycles. The predicted molar refractivity (Wildman–Crippen MR) is 141 cm³/mol. The number of anilines is 2. The normalized spacial score (nSPS) is 13.8. The largest absolute Gasteiger partial charge is 0.492 e. The number of rotatable bonds is 9. The summed E-state index contributed by atoms with van der Waals surface area (Å²) < 4.78 is 58.3. The summed E-state index contributed by atoms with van der Waals surface area (Å²) in [6, 6.07) is 12.1. The number of halogens is 3. The van der Waals surface area contributed by atoms with E-state index in [0.29, 0.717) is 50.0 Å². The van der Waals surface area contributed by atoms with Gasteiger partial charge in [-0.3, -0.25) is 14.7 Å². The first-order valence-electron chi connectivity index (χ1n) is 12.4. The van der Waals surface area contributed by atoms with Crippen LogP contribution in [0.2, 0.25) is 0 Å². The number of benzene rings is 2. The number of morpholine rings is 1. The number of hydrogen-bond donors (Lipinski definition) is 3. The summed E-state index contributed by atoms with van der Waals surface area (Å²) in [5, 5.41) is 7.24. The van der Waals surface area contributed by atoms with Crippen LogP contribution in [0.25, 0.3) is 0 Å². The van der Waals surface area contributed by atoms with Crippen molar-refractivity contribution in [3.63, 3.8) is 0 Å². The standard InChI is InChI=1S/C27H28F3N5O5/c1-31-25(36)22-17-20(9-10-32-22)40-19-7-5-18(6-8-19)33-26(37)34-21-3-2-4-23(24(21)27(28,29)30)39-16-13-35-11-14-38-15-12-35/h2-10,17H,11-16H2,1H3,(H,31,36)(H2,33,34,37). The number of amides is 3. The number of carbonyl (C=O) groups is 2. The van der Waals surface area contributed by atoms with E-state index in [0.717, 1.165) is 6.07 Å². The van der Waals surface area contributed by atoms with Crippen molar-refractivity contribution in [3.05, 3.63) is 72.1 Å². The van der Waals surface area contributed by atoms with Crippen molar-refractivity contribution in [3.8, 4) is 17.2 Å². The van der Waals surface area contributed by atoms with Crippen molar-refractivity contribution in [1.82, 2.24) is 15.2 Å². The highest BCUT2D eigenvalue weighted by molar-refractivity contribution is 6.00. The number of nitrogens with zero attached hydrogens (tertiary/aromatic N) is 2. The molecule has 0 atom stereocenters. The first-order chi connectivity index (χ1) is 19.2. The van der Waals surface area contributed by atoms with Gasteiger partial charge in [-0.25, -0.2) is 4.79 Å². The van der Waals surface area contributed by atoms with Gasteiger partial charge in [0.15, 0.2) is 0 Å². The summed E-state index contributed by atoms with van der Waals surface area (Å²) in [6.07, 6.45) is -3.33. The van der Waals surface area contributed by atoms with Gasteiger partial charge in [-0.1, -0.05) is 6.07 Å². The molecule has 1 saturated heterocycles. The van der Waals surface area contributed by atoms with Crippen LogP contribution in [0.1, 0.15) is 16.1 Å². The second-order valence-corrected chi connectivity index (χ2v) is 8.64. The van der Waals surface area contributed by atoms with E-state index in [2.05, 4.69) is 20.9 Å². The van der Waals surface area contributed by atoms with Crippen LogP contribution >= 0.6 is 0 Å². The summed E-state index contributed by atoms with van der Waals surface area (Å²) in [6.45, 7) is 3.03. The molecule has 3 amide bonds. The molecule has 0 unspecified atom stereocenters. The predicted octanol–water partition coefficient (Wildman–Crippen LogP) is 4.61. The van der Waals surface area contributed by atoms with Crippen molar-refractivity contribution in [2.24, 2.45) is 0 Å². The van der Waals surface area contributed by atoms with Gasteiger partial charge in [0.05, 0.1) is 18.9 Å². The fraction of sp³-hybridized carbons (Fsp3) is 0.296. The molecule has 0 radical (unpaired) electrons. The van der Waals surface area contributed by atoms with E-state index in [1.165, 1.54) is 43.6 Å². The van der Waals surface area contributed by atoms with Crippen LogP contribution in [0.15, 0.2) is 60.8 Å². The molecule has 0 saturated carbocycles.